The number of hydrogen-bond donors (Lipinski definition) is 2. The van der Waals surface area contributed by atoms with E-state index in [2.05, 4.69) is 15.3 Å². The van der Waals surface area contributed by atoms with Gasteiger partial charge in [0.05, 0.1) is 6.61 Å². The van der Waals surface area contributed by atoms with Crippen molar-refractivity contribution in [2.75, 3.05) is 18.1 Å². The second-order valence-electron chi connectivity index (χ2n) is 4.49. The highest BCUT2D eigenvalue weighted by Crippen LogP contribution is 2.21. The van der Waals surface area contributed by atoms with Gasteiger partial charge in [0.2, 0.25) is 11.9 Å². The zero-order valence-electron chi connectivity index (χ0n) is 10.4. The average Bonchev–Trinajstić information content (AvgIpc) is 2.88. The summed E-state index contributed by atoms with van der Waals surface area (Å²) in [6.45, 7) is 2.51. The summed E-state index contributed by atoms with van der Waals surface area (Å²) in [4.78, 5) is 22.4. The summed E-state index contributed by atoms with van der Waals surface area (Å²) in [7, 11) is 0. The highest BCUT2D eigenvalue weighted by atomic mass is 16.3. The van der Waals surface area contributed by atoms with Crippen molar-refractivity contribution in [3.05, 3.63) is 18.5 Å². The fourth-order valence-corrected chi connectivity index (χ4v) is 2.10. The Hall–Kier alpha value is -1.69. The maximum absolute atomic E-state index is 12.1. The van der Waals surface area contributed by atoms with Crippen LogP contribution in [0, 0.1) is 0 Å². The molecule has 1 unspecified atom stereocenters. The number of nitrogens with one attached hydrogen (secondary N) is 1. The molecule has 0 radical (unpaired) electrons. The monoisotopic (exact) mass is 250 g/mol. The lowest BCUT2D eigenvalue weighted by Crippen LogP contribution is -2.47. The van der Waals surface area contributed by atoms with Crippen LogP contribution in [-0.4, -0.2) is 46.2 Å². The maximum Gasteiger partial charge on any atom is 0.243 e. The van der Waals surface area contributed by atoms with Crippen LogP contribution in [-0.2, 0) is 4.79 Å². The number of amides is 1. The first kappa shape index (κ1) is 12.8. The third kappa shape index (κ3) is 2.76. The lowest BCUT2D eigenvalue weighted by atomic mass is 10.2. The summed E-state index contributed by atoms with van der Waals surface area (Å²) in [5, 5.41) is 11.7. The Morgan fingerprint density at radius 2 is 2.33 bits per heavy atom. The highest BCUT2D eigenvalue weighted by Gasteiger charge is 2.32. The van der Waals surface area contributed by atoms with E-state index in [-0.39, 0.29) is 24.6 Å². The zero-order valence-corrected chi connectivity index (χ0v) is 10.4. The van der Waals surface area contributed by atoms with Crippen LogP contribution in [0.3, 0.4) is 0 Å². The first-order valence-electron chi connectivity index (χ1n) is 6.17. The molecule has 1 aromatic rings. The molecular weight excluding hydrogens is 232 g/mol. The summed E-state index contributed by atoms with van der Waals surface area (Å²) >= 11 is 0. The van der Waals surface area contributed by atoms with Crippen LogP contribution in [0.1, 0.15) is 19.8 Å². The van der Waals surface area contributed by atoms with E-state index < -0.39 is 0 Å². The molecule has 0 aromatic carbocycles. The van der Waals surface area contributed by atoms with Gasteiger partial charge >= 0.3 is 0 Å². The van der Waals surface area contributed by atoms with Gasteiger partial charge in [0, 0.05) is 25.0 Å². The van der Waals surface area contributed by atoms with Crippen molar-refractivity contribution in [3.63, 3.8) is 0 Å². The highest BCUT2D eigenvalue weighted by molar-refractivity contribution is 5.85. The molecule has 18 heavy (non-hydrogen) atoms. The Morgan fingerprint density at radius 3 is 3.00 bits per heavy atom. The van der Waals surface area contributed by atoms with Crippen LogP contribution in [0.15, 0.2) is 18.5 Å². The van der Waals surface area contributed by atoms with E-state index in [1.807, 2.05) is 4.90 Å². The number of carbonyl (C=O) groups excluding carboxylic acids is 1. The number of nitrogens with zero attached hydrogens (tertiary/aromatic N) is 3. The van der Waals surface area contributed by atoms with Crippen molar-refractivity contribution in [1.82, 2.24) is 15.3 Å². The molecule has 0 saturated carbocycles. The summed E-state index contributed by atoms with van der Waals surface area (Å²) in [6, 6.07) is 1.29. The van der Waals surface area contributed by atoms with E-state index in [1.54, 1.807) is 25.4 Å². The molecule has 6 nitrogen and oxygen atoms in total. The lowest BCUT2D eigenvalue weighted by Gasteiger charge is -2.24. The predicted octanol–water partition coefficient (Wildman–Crippen LogP) is -0.0576. The summed E-state index contributed by atoms with van der Waals surface area (Å²) in [5.41, 5.74) is 0. The molecular formula is C12H18N4O2. The third-order valence-electron chi connectivity index (χ3n) is 3.03. The van der Waals surface area contributed by atoms with E-state index in [0.29, 0.717) is 5.95 Å². The van der Waals surface area contributed by atoms with Crippen molar-refractivity contribution < 1.29 is 9.90 Å². The van der Waals surface area contributed by atoms with E-state index in [4.69, 9.17) is 5.11 Å². The van der Waals surface area contributed by atoms with Crippen LogP contribution >= 0.6 is 0 Å². The number of rotatable bonds is 4. The normalized spacial score (nSPS) is 20.8. The summed E-state index contributed by atoms with van der Waals surface area (Å²) in [5.74, 6) is 0.522. The van der Waals surface area contributed by atoms with Crippen molar-refractivity contribution in [3.8, 4) is 0 Å². The molecule has 2 rings (SSSR count). The van der Waals surface area contributed by atoms with Crippen LogP contribution in [0.2, 0.25) is 0 Å². The lowest BCUT2D eigenvalue weighted by molar-refractivity contribution is -0.123. The van der Waals surface area contributed by atoms with E-state index in [1.165, 1.54) is 0 Å². The van der Waals surface area contributed by atoms with Crippen molar-refractivity contribution >= 4 is 11.9 Å². The van der Waals surface area contributed by atoms with Gasteiger partial charge in [-0.1, -0.05) is 0 Å². The van der Waals surface area contributed by atoms with Crippen LogP contribution in [0.25, 0.3) is 0 Å². The molecule has 1 fully saturated rings. The molecule has 6 heteroatoms. The smallest absolute Gasteiger partial charge is 0.243 e. The zero-order chi connectivity index (χ0) is 13.0. The number of hydrogen-bond acceptors (Lipinski definition) is 5. The number of carbonyl (C=O) groups is 1. The minimum Gasteiger partial charge on any atom is -0.394 e. The van der Waals surface area contributed by atoms with Crippen LogP contribution < -0.4 is 10.2 Å². The first-order chi connectivity index (χ1) is 8.72. The maximum atomic E-state index is 12.1. The average molecular weight is 250 g/mol. The van der Waals surface area contributed by atoms with Crippen LogP contribution in [0.5, 0.6) is 0 Å². The van der Waals surface area contributed by atoms with Gasteiger partial charge in [0.25, 0.3) is 0 Å². The van der Waals surface area contributed by atoms with Gasteiger partial charge < -0.3 is 15.3 Å². The number of aliphatic hydroxyl groups is 1. The van der Waals surface area contributed by atoms with Crippen molar-refractivity contribution in [1.29, 1.82) is 0 Å². The largest absolute Gasteiger partial charge is 0.394 e. The molecule has 0 bridgehead atoms. The Morgan fingerprint density at radius 1 is 1.61 bits per heavy atom. The molecule has 1 saturated heterocycles. The molecule has 0 spiro atoms. The van der Waals surface area contributed by atoms with Gasteiger partial charge in [0.15, 0.2) is 0 Å². The number of anilines is 1. The standard InChI is InChI=1S/C12H18N4O2/c1-9(8-17)15-11(18)10-4-2-7-16(10)12-13-5-3-6-14-12/h3,5-6,9-10,17H,2,4,7-8H2,1H3,(H,15,18)/t9-,10?/m1/s1. The van der Waals surface area contributed by atoms with Gasteiger partial charge in [0.1, 0.15) is 6.04 Å². The van der Waals surface area contributed by atoms with E-state index in [0.717, 1.165) is 19.4 Å². The van der Waals surface area contributed by atoms with Gasteiger partial charge in [-0.3, -0.25) is 4.79 Å². The number of aromatic nitrogens is 2. The minimum absolute atomic E-state index is 0.0553. The van der Waals surface area contributed by atoms with Crippen molar-refractivity contribution in [2.24, 2.45) is 0 Å². The molecule has 2 N–H and O–H groups in total. The van der Waals surface area contributed by atoms with Gasteiger partial charge in [-0.05, 0) is 25.8 Å². The Bertz CT molecular complexity index is 398. The van der Waals surface area contributed by atoms with Gasteiger partial charge in [-0.2, -0.15) is 0 Å². The van der Waals surface area contributed by atoms with Gasteiger partial charge in [-0.25, -0.2) is 9.97 Å². The molecule has 1 amide bonds. The first-order valence-corrected chi connectivity index (χ1v) is 6.17. The van der Waals surface area contributed by atoms with Crippen LogP contribution in [0.4, 0.5) is 5.95 Å². The Balaban J connectivity index is 2.06. The topological polar surface area (TPSA) is 78.4 Å². The molecule has 2 atom stereocenters. The minimum atomic E-state index is -0.235. The molecule has 1 aliphatic heterocycles. The fourth-order valence-electron chi connectivity index (χ4n) is 2.10. The van der Waals surface area contributed by atoms with Gasteiger partial charge in [-0.15, -0.1) is 0 Å². The SMILES string of the molecule is C[C@H](CO)NC(=O)C1CCCN1c1ncccn1. The quantitative estimate of drug-likeness (QED) is 0.783. The Labute approximate surface area is 106 Å². The molecule has 0 aliphatic carbocycles. The molecule has 1 aromatic heterocycles. The molecule has 98 valence electrons. The third-order valence-corrected chi connectivity index (χ3v) is 3.03. The molecule has 1 aliphatic rings. The fraction of sp³-hybridized carbons (Fsp3) is 0.583. The number of aliphatic hydroxyl groups excluding tert-OH is 1. The second-order valence-corrected chi connectivity index (χ2v) is 4.49. The van der Waals surface area contributed by atoms with Crippen molar-refractivity contribution in [2.45, 2.75) is 31.8 Å². The van der Waals surface area contributed by atoms with E-state index in [9.17, 15) is 4.79 Å². The summed E-state index contributed by atoms with van der Waals surface area (Å²) in [6.07, 6.45) is 5.09. The second kappa shape index (κ2) is 5.77. The predicted molar refractivity (Wildman–Crippen MR) is 67.1 cm³/mol. The molecule has 2 heterocycles. The Kier molecular flexibility index (Phi) is 4.09. The van der Waals surface area contributed by atoms with E-state index >= 15 is 0 Å². The summed E-state index contributed by atoms with van der Waals surface area (Å²) < 4.78 is 0.